The Hall–Kier alpha value is -0.620. The number of nitrogens with zero attached hydrogens (tertiary/aromatic N) is 1. The molecule has 1 aromatic rings. The fraction of sp³-hybridized carbons (Fsp3) is 0.647. The maximum atomic E-state index is 13.1. The highest BCUT2D eigenvalue weighted by Gasteiger charge is 2.34. The summed E-state index contributed by atoms with van der Waals surface area (Å²) in [6.45, 7) is 12.1. The number of nitrogens with one attached hydrogen (secondary N) is 1. The number of rotatable bonds is 4. The van der Waals surface area contributed by atoms with Crippen LogP contribution in [0.4, 0.5) is 0 Å². The third kappa shape index (κ3) is 3.58. The van der Waals surface area contributed by atoms with Crippen molar-refractivity contribution in [3.8, 4) is 0 Å². The number of halogens is 1. The van der Waals surface area contributed by atoms with Crippen molar-refractivity contribution in [1.82, 2.24) is 9.62 Å². The van der Waals surface area contributed by atoms with Crippen LogP contribution in [0.1, 0.15) is 34.2 Å². The molecule has 2 rings (SSSR count). The summed E-state index contributed by atoms with van der Waals surface area (Å²) < 4.78 is 28.0. The van der Waals surface area contributed by atoms with Gasteiger partial charge in [0.1, 0.15) is 0 Å². The molecule has 1 N–H and O–H groups in total. The molecule has 4 nitrogen and oxygen atoms in total. The molecule has 0 saturated carbocycles. The van der Waals surface area contributed by atoms with Crippen LogP contribution in [-0.2, 0) is 10.0 Å². The Bertz CT molecular complexity index is 657. The second-order valence-electron chi connectivity index (χ2n) is 6.53. The maximum Gasteiger partial charge on any atom is 0.243 e. The van der Waals surface area contributed by atoms with Gasteiger partial charge in [0, 0.05) is 13.1 Å². The predicted octanol–water partition coefficient (Wildman–Crippen LogP) is 2.88. The van der Waals surface area contributed by atoms with E-state index in [0.29, 0.717) is 23.9 Å². The Balaban J connectivity index is 0.00000264. The SMILES string of the molecule is CNCC1CCN(S(=O)(=O)c2c(C)c(C)c(C)c(C)c2C)C1.Cl. The molecule has 1 fully saturated rings. The highest BCUT2D eigenvalue weighted by atomic mass is 35.5. The molecule has 0 bridgehead atoms. The van der Waals surface area contributed by atoms with E-state index < -0.39 is 10.0 Å². The van der Waals surface area contributed by atoms with E-state index in [2.05, 4.69) is 12.2 Å². The van der Waals surface area contributed by atoms with Gasteiger partial charge in [-0.15, -0.1) is 12.4 Å². The van der Waals surface area contributed by atoms with E-state index in [4.69, 9.17) is 0 Å². The first-order valence-electron chi connectivity index (χ1n) is 7.93. The van der Waals surface area contributed by atoms with Crippen LogP contribution in [0.3, 0.4) is 0 Å². The third-order valence-corrected chi connectivity index (χ3v) is 7.41. The molecule has 0 aliphatic carbocycles. The Morgan fingerprint density at radius 3 is 1.96 bits per heavy atom. The van der Waals surface area contributed by atoms with E-state index in [1.807, 2.05) is 34.7 Å². The van der Waals surface area contributed by atoms with Gasteiger partial charge in [0.05, 0.1) is 4.90 Å². The second-order valence-corrected chi connectivity index (χ2v) is 8.40. The monoisotopic (exact) mass is 360 g/mol. The van der Waals surface area contributed by atoms with Crippen molar-refractivity contribution < 1.29 is 8.42 Å². The van der Waals surface area contributed by atoms with Crippen molar-refractivity contribution in [3.63, 3.8) is 0 Å². The first kappa shape index (κ1) is 20.4. The summed E-state index contributed by atoms with van der Waals surface area (Å²) in [6.07, 6.45) is 0.933. The van der Waals surface area contributed by atoms with Crippen LogP contribution in [0.2, 0.25) is 0 Å². The van der Waals surface area contributed by atoms with Gasteiger partial charge in [-0.3, -0.25) is 0 Å². The standard InChI is InChI=1S/C17H28N2O2S.ClH/c1-11-12(2)14(4)17(15(5)13(11)3)22(20,21)19-8-7-16(10-19)9-18-6;/h16,18H,7-10H2,1-6H3;1H. The number of sulfonamides is 1. The summed E-state index contributed by atoms with van der Waals surface area (Å²) in [5.41, 5.74) is 5.18. The van der Waals surface area contributed by atoms with Gasteiger partial charge in [-0.05, 0) is 88.4 Å². The normalized spacial score (nSPS) is 19.0. The molecule has 1 atom stereocenters. The minimum Gasteiger partial charge on any atom is -0.319 e. The Kier molecular flexibility index (Phi) is 6.67. The number of hydrogen-bond donors (Lipinski definition) is 1. The molecule has 1 aliphatic heterocycles. The zero-order valence-corrected chi connectivity index (χ0v) is 16.6. The first-order valence-corrected chi connectivity index (χ1v) is 9.37. The first-order chi connectivity index (χ1) is 10.2. The summed E-state index contributed by atoms with van der Waals surface area (Å²) in [5.74, 6) is 0.410. The van der Waals surface area contributed by atoms with Crippen LogP contribution >= 0.6 is 12.4 Å². The molecule has 0 radical (unpaired) electrons. The van der Waals surface area contributed by atoms with Crippen molar-refractivity contribution in [2.24, 2.45) is 5.92 Å². The van der Waals surface area contributed by atoms with Crippen LogP contribution in [-0.4, -0.2) is 39.4 Å². The molecule has 1 aliphatic rings. The molecule has 6 heteroatoms. The molecule has 1 unspecified atom stereocenters. The summed E-state index contributed by atoms with van der Waals surface area (Å²) >= 11 is 0. The zero-order valence-electron chi connectivity index (χ0n) is 15.0. The molecule has 0 aromatic heterocycles. The quantitative estimate of drug-likeness (QED) is 0.898. The van der Waals surface area contributed by atoms with Crippen molar-refractivity contribution >= 4 is 22.4 Å². The second kappa shape index (κ2) is 7.51. The fourth-order valence-electron chi connectivity index (χ4n) is 3.45. The molecule has 23 heavy (non-hydrogen) atoms. The highest BCUT2D eigenvalue weighted by molar-refractivity contribution is 7.89. The van der Waals surface area contributed by atoms with Crippen LogP contribution in [0.5, 0.6) is 0 Å². The van der Waals surface area contributed by atoms with Gasteiger partial charge in [0.15, 0.2) is 0 Å². The number of benzene rings is 1. The Morgan fingerprint density at radius 1 is 1.00 bits per heavy atom. The molecule has 1 saturated heterocycles. The molecule has 1 aromatic carbocycles. The van der Waals surface area contributed by atoms with Gasteiger partial charge >= 0.3 is 0 Å². The summed E-state index contributed by atoms with van der Waals surface area (Å²) in [6, 6.07) is 0. The highest BCUT2D eigenvalue weighted by Crippen LogP contribution is 2.33. The van der Waals surface area contributed by atoms with E-state index in [1.54, 1.807) is 4.31 Å². The van der Waals surface area contributed by atoms with Crippen LogP contribution in [0, 0.1) is 40.5 Å². The van der Waals surface area contributed by atoms with Crippen molar-refractivity contribution in [2.45, 2.75) is 45.9 Å². The minimum absolute atomic E-state index is 0. The van der Waals surface area contributed by atoms with E-state index in [1.165, 1.54) is 5.56 Å². The van der Waals surface area contributed by atoms with Crippen LogP contribution in [0.15, 0.2) is 4.90 Å². The molecule has 1 heterocycles. The largest absolute Gasteiger partial charge is 0.319 e. The van der Waals surface area contributed by atoms with E-state index >= 15 is 0 Å². The third-order valence-electron chi connectivity index (χ3n) is 5.27. The topological polar surface area (TPSA) is 49.4 Å². The van der Waals surface area contributed by atoms with Crippen molar-refractivity contribution in [3.05, 3.63) is 27.8 Å². The van der Waals surface area contributed by atoms with E-state index in [0.717, 1.165) is 35.2 Å². The van der Waals surface area contributed by atoms with Crippen LogP contribution < -0.4 is 5.32 Å². The van der Waals surface area contributed by atoms with Gasteiger partial charge < -0.3 is 5.32 Å². The lowest BCUT2D eigenvalue weighted by molar-refractivity contribution is 0.450. The van der Waals surface area contributed by atoms with Crippen molar-refractivity contribution in [1.29, 1.82) is 0 Å². The van der Waals surface area contributed by atoms with Crippen molar-refractivity contribution in [2.75, 3.05) is 26.7 Å². The average Bonchev–Trinajstić information content (AvgIpc) is 2.93. The lowest BCUT2D eigenvalue weighted by Gasteiger charge is -2.23. The Morgan fingerprint density at radius 2 is 1.48 bits per heavy atom. The minimum atomic E-state index is -3.41. The van der Waals surface area contributed by atoms with Gasteiger partial charge in [0.2, 0.25) is 10.0 Å². The molecular formula is C17H29ClN2O2S. The fourth-order valence-corrected chi connectivity index (χ4v) is 5.54. The van der Waals surface area contributed by atoms with Gasteiger partial charge in [-0.2, -0.15) is 4.31 Å². The summed E-state index contributed by atoms with van der Waals surface area (Å²) in [5, 5.41) is 3.15. The molecule has 0 amide bonds. The molecule has 132 valence electrons. The smallest absolute Gasteiger partial charge is 0.243 e. The maximum absolute atomic E-state index is 13.1. The lowest BCUT2D eigenvalue weighted by atomic mass is 9.95. The van der Waals surface area contributed by atoms with E-state index in [9.17, 15) is 8.42 Å². The summed E-state index contributed by atoms with van der Waals surface area (Å²) in [4.78, 5) is 0.526. The zero-order chi connectivity index (χ0) is 16.7. The number of hydrogen-bond acceptors (Lipinski definition) is 3. The van der Waals surface area contributed by atoms with Gasteiger partial charge in [-0.25, -0.2) is 8.42 Å². The van der Waals surface area contributed by atoms with Gasteiger partial charge in [0.25, 0.3) is 0 Å². The molecule has 0 spiro atoms. The van der Waals surface area contributed by atoms with E-state index in [-0.39, 0.29) is 12.4 Å². The Labute approximate surface area is 147 Å². The van der Waals surface area contributed by atoms with Crippen LogP contribution in [0.25, 0.3) is 0 Å². The predicted molar refractivity (Wildman–Crippen MR) is 98.2 cm³/mol. The average molecular weight is 361 g/mol. The molecular weight excluding hydrogens is 332 g/mol. The summed E-state index contributed by atoms with van der Waals surface area (Å²) in [7, 11) is -1.49. The van der Waals surface area contributed by atoms with Gasteiger partial charge in [-0.1, -0.05) is 0 Å². The lowest BCUT2D eigenvalue weighted by Crippen LogP contribution is -2.31.